The van der Waals surface area contributed by atoms with Crippen molar-refractivity contribution >= 4 is 0 Å². The van der Waals surface area contributed by atoms with E-state index < -0.39 is 5.09 Å². The Morgan fingerprint density at radius 1 is 1.38 bits per heavy atom. The van der Waals surface area contributed by atoms with Gasteiger partial charge in [-0.3, -0.25) is 4.84 Å². The molecule has 0 saturated heterocycles. The molecule has 0 bridgehead atoms. The highest BCUT2D eigenvalue weighted by Gasteiger charge is 1.98. The van der Waals surface area contributed by atoms with E-state index in [9.17, 15) is 10.1 Å². The first-order chi connectivity index (χ1) is 6.22. The van der Waals surface area contributed by atoms with Gasteiger partial charge in [-0.15, -0.1) is 10.1 Å². The second-order valence-electron chi connectivity index (χ2n) is 2.43. The number of rotatable bonds is 4. The third-order valence-electron chi connectivity index (χ3n) is 1.50. The van der Waals surface area contributed by atoms with Crippen LogP contribution >= 0.6 is 0 Å². The molecular formula is C8H9NO4. The van der Waals surface area contributed by atoms with Crippen molar-refractivity contribution in [2.24, 2.45) is 0 Å². The Morgan fingerprint density at radius 2 is 2.00 bits per heavy atom. The Kier molecular flexibility index (Phi) is 3.22. The highest BCUT2D eigenvalue weighted by molar-refractivity contribution is 5.26. The number of benzene rings is 1. The van der Waals surface area contributed by atoms with E-state index in [-0.39, 0.29) is 12.4 Å². The fourth-order valence-electron chi connectivity index (χ4n) is 0.932. The Balaban J connectivity index is 2.64. The molecule has 5 heteroatoms. The normalized spacial score (nSPS) is 9.62. The van der Waals surface area contributed by atoms with Crippen molar-refractivity contribution in [2.75, 3.05) is 6.61 Å². The minimum absolute atomic E-state index is 0.0649. The molecule has 5 nitrogen and oxygen atoms in total. The van der Waals surface area contributed by atoms with Crippen LogP contribution in [0.2, 0.25) is 0 Å². The molecule has 0 aromatic heterocycles. The number of aliphatic hydroxyl groups excluding tert-OH is 1. The topological polar surface area (TPSA) is 72.6 Å². The lowest BCUT2D eigenvalue weighted by Gasteiger charge is -2.00. The summed E-state index contributed by atoms with van der Waals surface area (Å²) in [6, 6.07) is 6.34. The highest BCUT2D eigenvalue weighted by atomic mass is 17.0. The molecule has 70 valence electrons. The van der Waals surface area contributed by atoms with E-state index in [4.69, 9.17) is 5.11 Å². The minimum atomic E-state index is -0.860. The van der Waals surface area contributed by atoms with Crippen molar-refractivity contribution in [3.63, 3.8) is 0 Å². The predicted octanol–water partition coefficient (Wildman–Crippen LogP) is 0.792. The van der Waals surface area contributed by atoms with E-state index in [0.29, 0.717) is 6.42 Å². The van der Waals surface area contributed by atoms with Crippen molar-refractivity contribution in [3.8, 4) is 5.75 Å². The number of nitrogens with zero attached hydrogens (tertiary/aromatic N) is 1. The predicted molar refractivity (Wildman–Crippen MR) is 44.9 cm³/mol. The van der Waals surface area contributed by atoms with E-state index in [1.165, 1.54) is 12.1 Å². The van der Waals surface area contributed by atoms with E-state index >= 15 is 0 Å². The molecular weight excluding hydrogens is 174 g/mol. The molecule has 0 amide bonds. The summed E-state index contributed by atoms with van der Waals surface area (Å²) in [4.78, 5) is 14.1. The maximum absolute atomic E-state index is 9.92. The summed E-state index contributed by atoms with van der Waals surface area (Å²) < 4.78 is 0. The van der Waals surface area contributed by atoms with E-state index in [1.54, 1.807) is 12.1 Å². The van der Waals surface area contributed by atoms with Crippen LogP contribution < -0.4 is 4.84 Å². The van der Waals surface area contributed by atoms with E-state index in [1.807, 2.05) is 0 Å². The molecule has 13 heavy (non-hydrogen) atoms. The molecule has 0 unspecified atom stereocenters. The lowest BCUT2D eigenvalue weighted by atomic mass is 10.1. The molecule has 0 spiro atoms. The lowest BCUT2D eigenvalue weighted by molar-refractivity contribution is -0.711. The second kappa shape index (κ2) is 4.42. The van der Waals surface area contributed by atoms with Gasteiger partial charge in [0.15, 0.2) is 0 Å². The summed E-state index contributed by atoms with van der Waals surface area (Å²) in [5, 5.41) is 17.7. The zero-order valence-corrected chi connectivity index (χ0v) is 6.84. The van der Waals surface area contributed by atoms with Gasteiger partial charge in [0.05, 0.1) is 0 Å². The van der Waals surface area contributed by atoms with Gasteiger partial charge in [0.2, 0.25) is 0 Å². The monoisotopic (exact) mass is 183 g/mol. The second-order valence-corrected chi connectivity index (χ2v) is 2.43. The molecule has 0 fully saturated rings. The lowest BCUT2D eigenvalue weighted by Crippen LogP contribution is -2.03. The third kappa shape index (κ3) is 3.08. The Morgan fingerprint density at radius 3 is 2.46 bits per heavy atom. The average molecular weight is 183 g/mol. The van der Waals surface area contributed by atoms with Gasteiger partial charge in [0, 0.05) is 6.61 Å². The molecule has 0 atom stereocenters. The van der Waals surface area contributed by atoms with Crippen LogP contribution in [-0.2, 0) is 6.42 Å². The Hall–Kier alpha value is -1.62. The summed E-state index contributed by atoms with van der Waals surface area (Å²) in [5.74, 6) is 0.187. The quantitative estimate of drug-likeness (QED) is 0.553. The summed E-state index contributed by atoms with van der Waals surface area (Å²) in [6.45, 7) is 0.0649. The van der Waals surface area contributed by atoms with Gasteiger partial charge in [0.1, 0.15) is 5.75 Å². The maximum atomic E-state index is 9.92. The van der Waals surface area contributed by atoms with Gasteiger partial charge in [-0.05, 0) is 24.1 Å². The third-order valence-corrected chi connectivity index (χ3v) is 1.50. The van der Waals surface area contributed by atoms with Crippen LogP contribution in [0.25, 0.3) is 0 Å². The van der Waals surface area contributed by atoms with E-state index in [0.717, 1.165) is 5.56 Å². The van der Waals surface area contributed by atoms with Crippen LogP contribution in [0, 0.1) is 10.1 Å². The van der Waals surface area contributed by atoms with Gasteiger partial charge >= 0.3 is 0 Å². The maximum Gasteiger partial charge on any atom is 0.299 e. The van der Waals surface area contributed by atoms with E-state index in [2.05, 4.69) is 4.84 Å². The average Bonchev–Trinajstić information content (AvgIpc) is 2.08. The SMILES string of the molecule is O=[N+]([O-])Oc1ccc(CCO)cc1. The minimum Gasteiger partial charge on any atom is -0.396 e. The standard InChI is InChI=1S/C8H9NO4/c10-6-5-7-1-3-8(4-2-7)13-9(11)12/h1-4,10H,5-6H2. The molecule has 0 saturated carbocycles. The first kappa shape index (κ1) is 9.47. The van der Waals surface area contributed by atoms with Crippen molar-refractivity contribution in [3.05, 3.63) is 39.9 Å². The smallest absolute Gasteiger partial charge is 0.299 e. The van der Waals surface area contributed by atoms with Gasteiger partial charge in [-0.1, -0.05) is 12.1 Å². The van der Waals surface area contributed by atoms with Gasteiger partial charge in [-0.25, -0.2) is 0 Å². The number of hydrogen-bond acceptors (Lipinski definition) is 4. The van der Waals surface area contributed by atoms with Gasteiger partial charge in [-0.2, -0.15) is 0 Å². The Bertz CT molecular complexity index is 283. The van der Waals surface area contributed by atoms with Crippen LogP contribution in [0.15, 0.2) is 24.3 Å². The summed E-state index contributed by atoms with van der Waals surface area (Å²) in [5.41, 5.74) is 0.915. The molecule has 1 aromatic carbocycles. The molecule has 1 rings (SSSR count). The zero-order valence-electron chi connectivity index (χ0n) is 6.84. The summed E-state index contributed by atoms with van der Waals surface area (Å²) in [7, 11) is 0. The summed E-state index contributed by atoms with van der Waals surface area (Å²) in [6.07, 6.45) is 0.540. The zero-order chi connectivity index (χ0) is 9.68. The first-order valence-corrected chi connectivity index (χ1v) is 3.74. The van der Waals surface area contributed by atoms with Gasteiger partial charge < -0.3 is 5.11 Å². The Labute approximate surface area is 74.7 Å². The van der Waals surface area contributed by atoms with Crippen molar-refractivity contribution in [2.45, 2.75) is 6.42 Å². The van der Waals surface area contributed by atoms with Gasteiger partial charge in [0.25, 0.3) is 5.09 Å². The highest BCUT2D eigenvalue weighted by Crippen LogP contribution is 2.12. The number of aliphatic hydroxyl groups is 1. The molecule has 1 aromatic rings. The number of hydrogen-bond donors (Lipinski definition) is 1. The largest absolute Gasteiger partial charge is 0.396 e. The van der Waals surface area contributed by atoms with Crippen LogP contribution in [0.1, 0.15) is 5.56 Å². The summed E-state index contributed by atoms with van der Waals surface area (Å²) >= 11 is 0. The molecule has 0 aliphatic heterocycles. The van der Waals surface area contributed by atoms with Crippen LogP contribution in [0.4, 0.5) is 0 Å². The fraction of sp³-hybridized carbons (Fsp3) is 0.250. The molecule has 0 radical (unpaired) electrons. The molecule has 0 aliphatic carbocycles. The van der Waals surface area contributed by atoms with Crippen LogP contribution in [0.3, 0.4) is 0 Å². The fourth-order valence-corrected chi connectivity index (χ4v) is 0.932. The molecule has 0 aliphatic rings. The first-order valence-electron chi connectivity index (χ1n) is 3.74. The van der Waals surface area contributed by atoms with Crippen molar-refractivity contribution in [1.29, 1.82) is 0 Å². The van der Waals surface area contributed by atoms with Crippen LogP contribution in [0.5, 0.6) is 5.75 Å². The van der Waals surface area contributed by atoms with Crippen LogP contribution in [-0.4, -0.2) is 16.8 Å². The molecule has 1 N–H and O–H groups in total. The van der Waals surface area contributed by atoms with Crippen molar-refractivity contribution < 1.29 is 15.0 Å². The van der Waals surface area contributed by atoms with Crippen molar-refractivity contribution in [1.82, 2.24) is 0 Å². The molecule has 0 heterocycles.